The second kappa shape index (κ2) is 12.3. The van der Waals surface area contributed by atoms with E-state index in [1.165, 1.54) is 0 Å². The lowest BCUT2D eigenvalue weighted by Crippen LogP contribution is -2.34. The first kappa shape index (κ1) is 23.1. The van der Waals surface area contributed by atoms with Crippen molar-refractivity contribution in [1.82, 2.24) is 5.32 Å². The molecule has 0 aliphatic carbocycles. The molecule has 0 fully saturated rings. The highest BCUT2D eigenvalue weighted by Crippen LogP contribution is 2.24. The van der Waals surface area contributed by atoms with E-state index in [4.69, 9.17) is 26.4 Å². The van der Waals surface area contributed by atoms with E-state index in [0.29, 0.717) is 42.6 Å². The molecule has 0 atom stereocenters. The Hall–Kier alpha value is -3.58. The van der Waals surface area contributed by atoms with E-state index in [0.717, 1.165) is 12.2 Å². The topological polar surface area (TPSA) is 68.8 Å². The third-order valence-electron chi connectivity index (χ3n) is 4.31. The van der Waals surface area contributed by atoms with Gasteiger partial charge in [-0.3, -0.25) is 10.1 Å². The normalized spacial score (nSPS) is 10.2. The standard InChI is InChI=1S/C25H26N2O4S/c1-2-16-30-22-14-8-6-12-20(22)24(28)27-25(32)26-21-13-7-9-15-23(21)31-18-17-29-19-10-4-3-5-11-19/h3-15H,2,16-18H2,1H3,(H2,26,27,28,32). The van der Waals surface area contributed by atoms with Crippen LogP contribution in [0.2, 0.25) is 0 Å². The number of hydrogen-bond acceptors (Lipinski definition) is 5. The number of hydrogen-bond donors (Lipinski definition) is 2. The fourth-order valence-electron chi connectivity index (χ4n) is 2.84. The Morgan fingerprint density at radius 2 is 1.41 bits per heavy atom. The van der Waals surface area contributed by atoms with Crippen molar-refractivity contribution in [1.29, 1.82) is 0 Å². The van der Waals surface area contributed by atoms with Crippen molar-refractivity contribution in [2.75, 3.05) is 25.1 Å². The molecule has 0 aromatic heterocycles. The average Bonchev–Trinajstić information content (AvgIpc) is 2.82. The summed E-state index contributed by atoms with van der Waals surface area (Å²) in [7, 11) is 0. The molecule has 1 amide bonds. The SMILES string of the molecule is CCCOc1ccccc1C(=O)NC(=S)Nc1ccccc1OCCOc1ccccc1. The molecule has 0 unspecified atom stereocenters. The minimum atomic E-state index is -0.344. The van der Waals surface area contributed by atoms with Crippen molar-refractivity contribution in [3.63, 3.8) is 0 Å². The van der Waals surface area contributed by atoms with Crippen LogP contribution in [0.15, 0.2) is 78.9 Å². The van der Waals surface area contributed by atoms with Gasteiger partial charge in [0.2, 0.25) is 0 Å². The molecule has 0 saturated heterocycles. The first-order chi connectivity index (χ1) is 15.7. The van der Waals surface area contributed by atoms with Gasteiger partial charge in [0.15, 0.2) is 5.11 Å². The Labute approximate surface area is 193 Å². The van der Waals surface area contributed by atoms with Crippen LogP contribution in [0, 0.1) is 0 Å². The van der Waals surface area contributed by atoms with Crippen LogP contribution in [0.5, 0.6) is 17.2 Å². The largest absolute Gasteiger partial charge is 0.493 e. The molecule has 0 aliphatic rings. The number of ether oxygens (including phenoxy) is 3. The Morgan fingerprint density at radius 1 is 0.781 bits per heavy atom. The van der Waals surface area contributed by atoms with E-state index in [-0.39, 0.29) is 11.0 Å². The van der Waals surface area contributed by atoms with Gasteiger partial charge in [0.25, 0.3) is 5.91 Å². The summed E-state index contributed by atoms with van der Waals surface area (Å²) in [5.74, 6) is 1.57. The summed E-state index contributed by atoms with van der Waals surface area (Å²) in [6.45, 7) is 3.30. The van der Waals surface area contributed by atoms with Crippen LogP contribution in [0.1, 0.15) is 23.7 Å². The van der Waals surface area contributed by atoms with E-state index in [1.54, 1.807) is 18.2 Å². The zero-order chi connectivity index (χ0) is 22.6. The number of nitrogens with one attached hydrogen (secondary N) is 2. The van der Waals surface area contributed by atoms with Crippen LogP contribution in [0.3, 0.4) is 0 Å². The lowest BCUT2D eigenvalue weighted by molar-refractivity contribution is 0.0973. The molecule has 0 saturated carbocycles. The summed E-state index contributed by atoms with van der Waals surface area (Å²) in [6.07, 6.45) is 0.850. The van der Waals surface area contributed by atoms with Crippen LogP contribution in [0.4, 0.5) is 5.69 Å². The van der Waals surface area contributed by atoms with Gasteiger partial charge >= 0.3 is 0 Å². The van der Waals surface area contributed by atoms with Gasteiger partial charge in [-0.25, -0.2) is 0 Å². The Kier molecular flexibility index (Phi) is 8.89. The quantitative estimate of drug-likeness (QED) is 0.332. The molecular weight excluding hydrogens is 424 g/mol. The molecule has 166 valence electrons. The van der Waals surface area contributed by atoms with Crippen molar-refractivity contribution >= 4 is 28.9 Å². The number of carbonyl (C=O) groups is 1. The molecule has 0 bridgehead atoms. The summed E-state index contributed by atoms with van der Waals surface area (Å²) in [4.78, 5) is 12.7. The number of para-hydroxylation sites is 4. The summed E-state index contributed by atoms with van der Waals surface area (Å²) >= 11 is 5.34. The van der Waals surface area contributed by atoms with Gasteiger partial charge in [0.05, 0.1) is 17.9 Å². The van der Waals surface area contributed by atoms with Crippen LogP contribution in [-0.4, -0.2) is 30.8 Å². The van der Waals surface area contributed by atoms with E-state index in [2.05, 4.69) is 10.6 Å². The minimum Gasteiger partial charge on any atom is -0.493 e. The maximum absolute atomic E-state index is 12.7. The number of amides is 1. The van der Waals surface area contributed by atoms with E-state index < -0.39 is 0 Å². The molecule has 3 aromatic rings. The van der Waals surface area contributed by atoms with Crippen molar-refractivity contribution in [2.24, 2.45) is 0 Å². The third kappa shape index (κ3) is 6.99. The highest BCUT2D eigenvalue weighted by Gasteiger charge is 2.14. The Bertz CT molecular complexity index is 1030. The summed E-state index contributed by atoms with van der Waals surface area (Å²) in [6, 6.07) is 24.0. The number of carbonyl (C=O) groups excluding carboxylic acids is 1. The van der Waals surface area contributed by atoms with Crippen molar-refractivity contribution < 1.29 is 19.0 Å². The zero-order valence-electron chi connectivity index (χ0n) is 17.9. The van der Waals surface area contributed by atoms with Crippen LogP contribution < -0.4 is 24.8 Å². The van der Waals surface area contributed by atoms with Gasteiger partial charge in [-0.1, -0.05) is 49.4 Å². The van der Waals surface area contributed by atoms with E-state index >= 15 is 0 Å². The zero-order valence-corrected chi connectivity index (χ0v) is 18.7. The molecule has 32 heavy (non-hydrogen) atoms. The van der Waals surface area contributed by atoms with Gasteiger partial charge in [-0.15, -0.1) is 0 Å². The molecular formula is C25H26N2O4S. The van der Waals surface area contributed by atoms with Crippen molar-refractivity contribution in [2.45, 2.75) is 13.3 Å². The molecule has 0 heterocycles. The Morgan fingerprint density at radius 3 is 2.19 bits per heavy atom. The summed E-state index contributed by atoms with van der Waals surface area (Å²) in [5, 5.41) is 5.89. The molecule has 3 rings (SSSR count). The van der Waals surface area contributed by atoms with Crippen molar-refractivity contribution in [3.05, 3.63) is 84.4 Å². The summed E-state index contributed by atoms with van der Waals surface area (Å²) in [5.41, 5.74) is 1.07. The first-order valence-electron chi connectivity index (χ1n) is 10.4. The second-order valence-electron chi connectivity index (χ2n) is 6.76. The van der Waals surface area contributed by atoms with E-state index in [9.17, 15) is 4.79 Å². The van der Waals surface area contributed by atoms with Gasteiger partial charge in [0.1, 0.15) is 30.5 Å². The van der Waals surface area contributed by atoms with Crippen LogP contribution >= 0.6 is 12.2 Å². The number of rotatable bonds is 10. The number of benzene rings is 3. The molecule has 0 spiro atoms. The molecule has 6 nitrogen and oxygen atoms in total. The fraction of sp³-hybridized carbons (Fsp3) is 0.200. The lowest BCUT2D eigenvalue weighted by atomic mass is 10.2. The highest BCUT2D eigenvalue weighted by atomic mass is 32.1. The van der Waals surface area contributed by atoms with Crippen LogP contribution in [0.25, 0.3) is 0 Å². The van der Waals surface area contributed by atoms with Gasteiger partial charge in [-0.2, -0.15) is 0 Å². The molecule has 0 radical (unpaired) electrons. The average molecular weight is 451 g/mol. The number of anilines is 1. The smallest absolute Gasteiger partial charge is 0.261 e. The third-order valence-corrected chi connectivity index (χ3v) is 4.51. The van der Waals surface area contributed by atoms with Gasteiger partial charge < -0.3 is 19.5 Å². The Balaban J connectivity index is 1.54. The maximum Gasteiger partial charge on any atom is 0.261 e. The van der Waals surface area contributed by atoms with Crippen molar-refractivity contribution in [3.8, 4) is 17.2 Å². The maximum atomic E-state index is 12.7. The molecule has 2 N–H and O–H groups in total. The second-order valence-corrected chi connectivity index (χ2v) is 7.17. The minimum absolute atomic E-state index is 0.164. The lowest BCUT2D eigenvalue weighted by Gasteiger charge is -2.15. The number of thiocarbonyl (C=S) groups is 1. The monoisotopic (exact) mass is 450 g/mol. The predicted octanol–water partition coefficient (Wildman–Crippen LogP) is 5.06. The van der Waals surface area contributed by atoms with Crippen LogP contribution in [-0.2, 0) is 0 Å². The fourth-order valence-corrected chi connectivity index (χ4v) is 3.04. The van der Waals surface area contributed by atoms with E-state index in [1.807, 2.05) is 67.6 Å². The summed E-state index contributed by atoms with van der Waals surface area (Å²) < 4.78 is 17.1. The highest BCUT2D eigenvalue weighted by molar-refractivity contribution is 7.80. The van der Waals surface area contributed by atoms with Gasteiger partial charge in [-0.05, 0) is 55.0 Å². The molecule has 3 aromatic carbocycles. The predicted molar refractivity (Wildman–Crippen MR) is 130 cm³/mol. The molecule has 0 aliphatic heterocycles. The molecule has 7 heteroatoms. The first-order valence-corrected chi connectivity index (χ1v) is 10.8. The van der Waals surface area contributed by atoms with Gasteiger partial charge in [0, 0.05) is 0 Å².